The molecule has 0 bridgehead atoms. The maximum absolute atomic E-state index is 12.9. The standard InChI is InChI=1S/C22H26ClN3O3.ClH/c1-2-11-25-22(28)20-15-26(18-8-3-4-9-19(18)29-20)21(27)14-24-12-10-16-6-5-7-17(23)13-16;/h3-9,13,20,24H,2,10-12,14-15H2,1H3,(H,25,28);1H. The molecule has 2 aromatic rings. The van der Waals surface area contributed by atoms with Gasteiger partial charge in [-0.3, -0.25) is 9.59 Å². The van der Waals surface area contributed by atoms with E-state index < -0.39 is 6.10 Å². The van der Waals surface area contributed by atoms with Crippen LogP contribution in [0.1, 0.15) is 18.9 Å². The molecule has 162 valence electrons. The summed E-state index contributed by atoms with van der Waals surface area (Å²) in [6.45, 7) is 3.60. The predicted octanol–water partition coefficient (Wildman–Crippen LogP) is 3.21. The number of hydrogen-bond acceptors (Lipinski definition) is 4. The van der Waals surface area contributed by atoms with E-state index in [2.05, 4.69) is 10.6 Å². The van der Waals surface area contributed by atoms with Gasteiger partial charge in [0.2, 0.25) is 5.91 Å². The summed E-state index contributed by atoms with van der Waals surface area (Å²) < 4.78 is 5.83. The number of benzene rings is 2. The minimum absolute atomic E-state index is 0. The van der Waals surface area contributed by atoms with E-state index in [1.807, 2.05) is 49.4 Å². The van der Waals surface area contributed by atoms with Crippen LogP contribution in [0.4, 0.5) is 5.69 Å². The average Bonchev–Trinajstić information content (AvgIpc) is 2.74. The van der Waals surface area contributed by atoms with E-state index in [4.69, 9.17) is 16.3 Å². The molecule has 0 aromatic heterocycles. The van der Waals surface area contributed by atoms with E-state index in [1.165, 1.54) is 0 Å². The maximum atomic E-state index is 12.9. The van der Waals surface area contributed by atoms with Crippen LogP contribution in [-0.2, 0) is 16.0 Å². The van der Waals surface area contributed by atoms with Crippen LogP contribution < -0.4 is 20.3 Å². The van der Waals surface area contributed by atoms with Crippen molar-refractivity contribution in [2.24, 2.45) is 0 Å². The predicted molar refractivity (Wildman–Crippen MR) is 122 cm³/mol. The lowest BCUT2D eigenvalue weighted by molar-refractivity contribution is -0.128. The number of hydrogen-bond donors (Lipinski definition) is 2. The van der Waals surface area contributed by atoms with Gasteiger partial charge >= 0.3 is 0 Å². The molecule has 2 N–H and O–H groups in total. The zero-order valence-electron chi connectivity index (χ0n) is 16.9. The molecule has 0 radical (unpaired) electrons. The number of ether oxygens (including phenoxy) is 1. The van der Waals surface area contributed by atoms with Crippen molar-refractivity contribution in [1.82, 2.24) is 10.6 Å². The highest BCUT2D eigenvalue weighted by Gasteiger charge is 2.33. The van der Waals surface area contributed by atoms with Gasteiger partial charge in [0.05, 0.1) is 18.8 Å². The molecule has 1 aliphatic heterocycles. The lowest BCUT2D eigenvalue weighted by Gasteiger charge is -2.34. The van der Waals surface area contributed by atoms with Gasteiger partial charge in [-0.05, 0) is 49.2 Å². The van der Waals surface area contributed by atoms with E-state index in [1.54, 1.807) is 11.0 Å². The van der Waals surface area contributed by atoms with E-state index >= 15 is 0 Å². The van der Waals surface area contributed by atoms with Crippen LogP contribution in [-0.4, -0.2) is 44.1 Å². The lowest BCUT2D eigenvalue weighted by Crippen LogP contribution is -2.52. The summed E-state index contributed by atoms with van der Waals surface area (Å²) in [7, 11) is 0. The van der Waals surface area contributed by atoms with Crippen molar-refractivity contribution in [3.63, 3.8) is 0 Å². The first-order valence-electron chi connectivity index (χ1n) is 9.87. The summed E-state index contributed by atoms with van der Waals surface area (Å²) in [6, 6.07) is 15.0. The van der Waals surface area contributed by atoms with Gasteiger partial charge in [-0.15, -0.1) is 12.4 Å². The molecule has 0 spiro atoms. The molecule has 1 unspecified atom stereocenters. The van der Waals surface area contributed by atoms with Crippen molar-refractivity contribution < 1.29 is 14.3 Å². The molecule has 1 heterocycles. The third-order valence-electron chi connectivity index (χ3n) is 4.67. The van der Waals surface area contributed by atoms with Crippen molar-refractivity contribution in [1.29, 1.82) is 0 Å². The fourth-order valence-electron chi connectivity index (χ4n) is 3.19. The second kappa shape index (κ2) is 11.8. The van der Waals surface area contributed by atoms with Crippen LogP contribution >= 0.6 is 24.0 Å². The molecular weight excluding hydrogens is 425 g/mol. The first-order valence-corrected chi connectivity index (χ1v) is 10.2. The molecule has 3 rings (SSSR count). The van der Waals surface area contributed by atoms with Gasteiger partial charge in [0.1, 0.15) is 5.75 Å². The van der Waals surface area contributed by atoms with Crippen LogP contribution in [0, 0.1) is 0 Å². The topological polar surface area (TPSA) is 70.7 Å². The van der Waals surface area contributed by atoms with Crippen molar-refractivity contribution in [3.05, 3.63) is 59.1 Å². The van der Waals surface area contributed by atoms with Gasteiger partial charge in [0.15, 0.2) is 6.10 Å². The monoisotopic (exact) mass is 451 g/mol. The Morgan fingerprint density at radius 1 is 1.17 bits per heavy atom. The normalized spacial score (nSPS) is 14.9. The van der Waals surface area contributed by atoms with Gasteiger partial charge < -0.3 is 20.3 Å². The van der Waals surface area contributed by atoms with Gasteiger partial charge in [0.25, 0.3) is 5.91 Å². The Labute approximate surface area is 188 Å². The van der Waals surface area contributed by atoms with Crippen molar-refractivity contribution in [3.8, 4) is 5.75 Å². The van der Waals surface area contributed by atoms with Crippen LogP contribution in [0.2, 0.25) is 5.02 Å². The second-order valence-corrected chi connectivity index (χ2v) is 7.36. The summed E-state index contributed by atoms with van der Waals surface area (Å²) in [5, 5.41) is 6.73. The molecule has 1 atom stereocenters. The van der Waals surface area contributed by atoms with Crippen molar-refractivity contribution in [2.45, 2.75) is 25.9 Å². The Kier molecular flexibility index (Phi) is 9.43. The van der Waals surface area contributed by atoms with Gasteiger partial charge in [-0.1, -0.05) is 42.8 Å². The summed E-state index contributed by atoms with van der Waals surface area (Å²) in [5.41, 5.74) is 1.80. The molecular formula is C22H27Cl2N3O3. The Morgan fingerprint density at radius 2 is 1.97 bits per heavy atom. The summed E-state index contributed by atoms with van der Waals surface area (Å²) in [4.78, 5) is 26.9. The molecule has 8 heteroatoms. The molecule has 1 aliphatic rings. The SMILES string of the molecule is CCCNC(=O)C1CN(C(=O)CNCCc2cccc(Cl)c2)c2ccccc2O1.Cl. The highest BCUT2D eigenvalue weighted by Crippen LogP contribution is 2.33. The minimum Gasteiger partial charge on any atom is -0.477 e. The molecule has 0 saturated carbocycles. The molecule has 0 fully saturated rings. The minimum atomic E-state index is -0.716. The Hall–Kier alpha value is -2.28. The Bertz CT molecular complexity index is 863. The number of nitrogens with zero attached hydrogens (tertiary/aromatic N) is 1. The number of amides is 2. The summed E-state index contributed by atoms with van der Waals surface area (Å²) in [6.07, 6.45) is 0.899. The van der Waals surface area contributed by atoms with Crippen LogP contribution in [0.25, 0.3) is 0 Å². The number of carbonyl (C=O) groups is 2. The number of carbonyl (C=O) groups excluding carboxylic acids is 2. The lowest BCUT2D eigenvalue weighted by atomic mass is 10.1. The third kappa shape index (κ3) is 6.36. The largest absolute Gasteiger partial charge is 0.477 e. The molecule has 0 aliphatic carbocycles. The molecule has 6 nitrogen and oxygen atoms in total. The maximum Gasteiger partial charge on any atom is 0.262 e. The van der Waals surface area contributed by atoms with E-state index in [-0.39, 0.29) is 37.3 Å². The highest BCUT2D eigenvalue weighted by molar-refractivity contribution is 6.30. The van der Waals surface area contributed by atoms with Gasteiger partial charge in [0, 0.05) is 11.6 Å². The van der Waals surface area contributed by atoms with E-state index in [0.717, 1.165) is 18.4 Å². The summed E-state index contributed by atoms with van der Waals surface area (Å²) >= 11 is 6.00. The Morgan fingerprint density at radius 3 is 2.73 bits per heavy atom. The molecule has 2 aromatic carbocycles. The fourth-order valence-corrected chi connectivity index (χ4v) is 3.40. The zero-order valence-corrected chi connectivity index (χ0v) is 18.5. The molecule has 2 amide bonds. The number of para-hydroxylation sites is 2. The third-order valence-corrected chi connectivity index (χ3v) is 4.91. The first kappa shape index (κ1) is 24.0. The average molecular weight is 452 g/mol. The fraction of sp³-hybridized carbons (Fsp3) is 0.364. The smallest absolute Gasteiger partial charge is 0.262 e. The van der Waals surface area contributed by atoms with Gasteiger partial charge in [-0.2, -0.15) is 0 Å². The van der Waals surface area contributed by atoms with Crippen LogP contribution in [0.5, 0.6) is 5.75 Å². The highest BCUT2D eigenvalue weighted by atomic mass is 35.5. The number of halogens is 2. The molecule has 30 heavy (non-hydrogen) atoms. The number of anilines is 1. The first-order chi connectivity index (χ1) is 14.1. The quantitative estimate of drug-likeness (QED) is 0.604. The number of nitrogens with one attached hydrogen (secondary N) is 2. The van der Waals surface area contributed by atoms with Gasteiger partial charge in [-0.25, -0.2) is 0 Å². The van der Waals surface area contributed by atoms with Crippen LogP contribution in [0.3, 0.4) is 0 Å². The molecule has 0 saturated heterocycles. The van der Waals surface area contributed by atoms with E-state index in [9.17, 15) is 9.59 Å². The number of rotatable bonds is 8. The summed E-state index contributed by atoms with van der Waals surface area (Å²) in [5.74, 6) is 0.246. The Balaban J connectivity index is 0.00000320. The van der Waals surface area contributed by atoms with E-state index in [0.29, 0.717) is 29.5 Å². The van der Waals surface area contributed by atoms with Crippen LogP contribution in [0.15, 0.2) is 48.5 Å². The number of fused-ring (bicyclic) bond motifs is 1. The van der Waals surface area contributed by atoms with Crippen molar-refractivity contribution in [2.75, 3.05) is 31.1 Å². The zero-order chi connectivity index (χ0) is 20.6. The van der Waals surface area contributed by atoms with Crippen molar-refractivity contribution >= 4 is 41.5 Å². The second-order valence-electron chi connectivity index (χ2n) is 6.93.